The molecule has 0 bridgehead atoms. The van der Waals surface area contributed by atoms with Gasteiger partial charge in [0.05, 0.1) is 19.8 Å². The number of hydrogen-bond donors (Lipinski definition) is 3. The molecule has 4 aromatic rings. The predicted octanol–water partition coefficient (Wildman–Crippen LogP) is 3.99. The van der Waals surface area contributed by atoms with Crippen LogP contribution in [-0.4, -0.2) is 54.6 Å². The second kappa shape index (κ2) is 11.2. The number of Topliss-reactive ketones (excluding diaryl/α,β-unsaturated/α-hetero) is 1. The van der Waals surface area contributed by atoms with E-state index in [-0.39, 0.29) is 29.5 Å². The van der Waals surface area contributed by atoms with Crippen LogP contribution in [0.1, 0.15) is 21.5 Å². The van der Waals surface area contributed by atoms with Gasteiger partial charge >= 0.3 is 5.97 Å². The Hall–Kier alpha value is -5.25. The zero-order chi connectivity index (χ0) is 28.2. The van der Waals surface area contributed by atoms with Gasteiger partial charge < -0.3 is 34.4 Å². The first-order valence-electron chi connectivity index (χ1n) is 12.4. The average molecular weight is 543 g/mol. The minimum atomic E-state index is -1.16. The highest BCUT2D eigenvalue weighted by atomic mass is 16.5. The number of carbonyl (C=O) groups excluding carboxylic acids is 2. The molecule has 40 heavy (non-hydrogen) atoms. The minimum Gasteiger partial charge on any atom is -0.497 e. The van der Waals surface area contributed by atoms with Gasteiger partial charge in [0.15, 0.2) is 12.4 Å². The van der Waals surface area contributed by atoms with Crippen molar-refractivity contribution in [3.63, 3.8) is 0 Å². The minimum absolute atomic E-state index is 0.0954. The van der Waals surface area contributed by atoms with Gasteiger partial charge in [0.1, 0.15) is 29.0 Å². The van der Waals surface area contributed by atoms with Crippen LogP contribution in [0.25, 0.3) is 17.0 Å². The van der Waals surface area contributed by atoms with Crippen LogP contribution in [0.5, 0.6) is 23.0 Å². The highest BCUT2D eigenvalue weighted by molar-refractivity contribution is 6.14. The summed E-state index contributed by atoms with van der Waals surface area (Å²) in [5, 5.41) is 13.1. The van der Waals surface area contributed by atoms with Crippen LogP contribution >= 0.6 is 0 Å². The standard InChI is InChI=1S/C30H26N2O8/c1-37-19-8-10-25(38-2)17(11-19)13-27-29(34)22-9-7-20(14-26(22)40-27)39-16-28(33)32-24(30(35)36)12-18-15-31-23-6-4-3-5-21(18)23/h3-11,13-15,24,31H,12,16H2,1-2H3,(H,32,33)(H,35,36)/t24-/m0/s1. The molecule has 0 unspecified atom stereocenters. The van der Waals surface area contributed by atoms with Crippen molar-refractivity contribution in [1.29, 1.82) is 0 Å². The molecule has 0 aliphatic carbocycles. The number of para-hydroxylation sites is 1. The second-order valence-electron chi connectivity index (χ2n) is 9.02. The maximum atomic E-state index is 12.9. The monoisotopic (exact) mass is 542 g/mol. The van der Waals surface area contributed by atoms with E-state index in [2.05, 4.69) is 10.3 Å². The number of nitrogens with one attached hydrogen (secondary N) is 2. The molecule has 0 radical (unpaired) electrons. The van der Waals surface area contributed by atoms with Gasteiger partial charge in [-0.05, 0) is 48.0 Å². The van der Waals surface area contributed by atoms with E-state index >= 15 is 0 Å². The van der Waals surface area contributed by atoms with Crippen molar-refractivity contribution in [3.05, 3.63) is 89.3 Å². The third-order valence-electron chi connectivity index (χ3n) is 6.47. The molecular formula is C30H26N2O8. The summed E-state index contributed by atoms with van der Waals surface area (Å²) >= 11 is 0. The van der Waals surface area contributed by atoms with Gasteiger partial charge in [0, 0.05) is 35.2 Å². The molecule has 3 N–H and O–H groups in total. The van der Waals surface area contributed by atoms with E-state index in [1.807, 2.05) is 24.3 Å². The van der Waals surface area contributed by atoms with Crippen molar-refractivity contribution < 1.29 is 38.4 Å². The van der Waals surface area contributed by atoms with Crippen molar-refractivity contribution in [1.82, 2.24) is 10.3 Å². The number of rotatable bonds is 10. The number of amides is 1. The fourth-order valence-electron chi connectivity index (χ4n) is 4.46. The van der Waals surface area contributed by atoms with Crippen LogP contribution in [0, 0.1) is 0 Å². The second-order valence-corrected chi connectivity index (χ2v) is 9.02. The number of aromatic amines is 1. The summed E-state index contributed by atoms with van der Waals surface area (Å²) in [5.74, 6) is -0.283. The van der Waals surface area contributed by atoms with Crippen LogP contribution < -0.4 is 24.3 Å². The fraction of sp³-hybridized carbons (Fsp3) is 0.167. The quantitative estimate of drug-likeness (QED) is 0.256. The molecule has 0 saturated carbocycles. The summed E-state index contributed by atoms with van der Waals surface area (Å²) in [5.41, 5.74) is 2.61. The zero-order valence-electron chi connectivity index (χ0n) is 21.7. The largest absolute Gasteiger partial charge is 0.497 e. The Balaban J connectivity index is 1.23. The number of methoxy groups -OCH3 is 2. The number of allylic oxidation sites excluding steroid dienone is 1. The normalized spacial score (nSPS) is 13.9. The molecule has 1 amide bonds. The summed E-state index contributed by atoms with van der Waals surface area (Å²) in [6.07, 6.45) is 3.41. The summed E-state index contributed by atoms with van der Waals surface area (Å²) in [4.78, 5) is 40.4. The number of aliphatic carboxylic acids is 1. The molecule has 10 heteroatoms. The topological polar surface area (TPSA) is 136 Å². The Labute approximate surface area is 229 Å². The number of carboxylic acids is 1. The highest BCUT2D eigenvalue weighted by Gasteiger charge is 2.28. The number of carboxylic acid groups (broad SMARTS) is 1. The van der Waals surface area contributed by atoms with Gasteiger partial charge in [-0.25, -0.2) is 4.79 Å². The molecular weight excluding hydrogens is 516 g/mol. The number of aromatic nitrogens is 1. The lowest BCUT2D eigenvalue weighted by Gasteiger charge is -2.15. The van der Waals surface area contributed by atoms with Crippen LogP contribution in [0.15, 0.2) is 72.6 Å². The van der Waals surface area contributed by atoms with Gasteiger partial charge in [0.2, 0.25) is 5.78 Å². The maximum Gasteiger partial charge on any atom is 0.326 e. The fourth-order valence-corrected chi connectivity index (χ4v) is 4.46. The third-order valence-corrected chi connectivity index (χ3v) is 6.47. The Kier molecular flexibility index (Phi) is 7.41. The Morgan fingerprint density at radius 2 is 1.85 bits per heavy atom. The van der Waals surface area contributed by atoms with Crippen LogP contribution in [0.2, 0.25) is 0 Å². The molecule has 204 valence electrons. The predicted molar refractivity (Wildman–Crippen MR) is 146 cm³/mol. The number of hydrogen-bond acceptors (Lipinski definition) is 7. The van der Waals surface area contributed by atoms with E-state index in [0.717, 1.165) is 16.5 Å². The van der Waals surface area contributed by atoms with Crippen LogP contribution in [-0.2, 0) is 16.0 Å². The Bertz CT molecular complexity index is 1640. The average Bonchev–Trinajstić information content (AvgIpc) is 3.51. The van der Waals surface area contributed by atoms with Crippen molar-refractivity contribution in [2.75, 3.05) is 20.8 Å². The molecule has 1 atom stereocenters. The highest BCUT2D eigenvalue weighted by Crippen LogP contribution is 2.36. The summed E-state index contributed by atoms with van der Waals surface area (Å²) in [6.45, 7) is -0.423. The van der Waals surface area contributed by atoms with Gasteiger partial charge in [-0.2, -0.15) is 0 Å². The van der Waals surface area contributed by atoms with Crippen LogP contribution in [0.4, 0.5) is 0 Å². The smallest absolute Gasteiger partial charge is 0.326 e. The molecule has 5 rings (SSSR count). The van der Waals surface area contributed by atoms with E-state index in [1.54, 1.807) is 49.7 Å². The molecule has 0 fully saturated rings. The molecule has 0 saturated heterocycles. The number of fused-ring (bicyclic) bond motifs is 2. The molecule has 10 nitrogen and oxygen atoms in total. The van der Waals surface area contributed by atoms with Crippen molar-refractivity contribution in [3.8, 4) is 23.0 Å². The molecule has 0 spiro atoms. The van der Waals surface area contributed by atoms with Crippen LogP contribution in [0.3, 0.4) is 0 Å². The lowest BCUT2D eigenvalue weighted by atomic mass is 10.1. The lowest BCUT2D eigenvalue weighted by molar-refractivity contribution is -0.142. The summed E-state index contributed by atoms with van der Waals surface area (Å²) in [6, 6.07) is 16.2. The van der Waals surface area contributed by atoms with Crippen molar-refractivity contribution in [2.24, 2.45) is 0 Å². The first kappa shape index (κ1) is 26.4. The summed E-state index contributed by atoms with van der Waals surface area (Å²) < 4.78 is 22.0. The first-order valence-corrected chi connectivity index (χ1v) is 12.4. The maximum absolute atomic E-state index is 12.9. The molecule has 1 aliphatic heterocycles. The zero-order valence-corrected chi connectivity index (χ0v) is 21.7. The number of ketones is 1. The van der Waals surface area contributed by atoms with E-state index < -0.39 is 24.5 Å². The van der Waals surface area contributed by atoms with Gasteiger partial charge in [0.25, 0.3) is 5.91 Å². The molecule has 1 aliphatic rings. The molecule has 1 aromatic heterocycles. The van der Waals surface area contributed by atoms with E-state index in [1.165, 1.54) is 13.2 Å². The van der Waals surface area contributed by atoms with E-state index in [9.17, 15) is 19.5 Å². The summed E-state index contributed by atoms with van der Waals surface area (Å²) in [7, 11) is 3.07. The number of carbonyl (C=O) groups is 3. The lowest BCUT2D eigenvalue weighted by Crippen LogP contribution is -2.44. The van der Waals surface area contributed by atoms with Gasteiger partial charge in [-0.3, -0.25) is 9.59 Å². The van der Waals surface area contributed by atoms with Gasteiger partial charge in [-0.15, -0.1) is 0 Å². The van der Waals surface area contributed by atoms with Gasteiger partial charge in [-0.1, -0.05) is 18.2 Å². The van der Waals surface area contributed by atoms with Crippen molar-refractivity contribution in [2.45, 2.75) is 12.5 Å². The third kappa shape index (κ3) is 5.46. The number of ether oxygens (including phenoxy) is 4. The Morgan fingerprint density at radius 3 is 2.62 bits per heavy atom. The van der Waals surface area contributed by atoms with E-state index in [0.29, 0.717) is 22.6 Å². The Morgan fingerprint density at radius 1 is 1.05 bits per heavy atom. The van der Waals surface area contributed by atoms with Crippen molar-refractivity contribution >= 4 is 34.6 Å². The number of H-pyrrole nitrogens is 1. The number of benzene rings is 3. The van der Waals surface area contributed by atoms with E-state index in [4.69, 9.17) is 18.9 Å². The SMILES string of the molecule is COc1ccc(OC)c(C=C2Oc3cc(OCC(=O)N[C@@H](Cc4c[nH]c5ccccc45)C(=O)O)ccc3C2=O)c1. The first-order chi connectivity index (χ1) is 19.4. The molecule has 2 heterocycles. The molecule has 3 aromatic carbocycles.